The van der Waals surface area contributed by atoms with Crippen LogP contribution in [0.1, 0.15) is 30.3 Å². The van der Waals surface area contributed by atoms with Gasteiger partial charge in [0.2, 0.25) is 0 Å². The Bertz CT molecular complexity index is 680. The molecule has 1 aliphatic rings. The third-order valence-electron chi connectivity index (χ3n) is 3.90. The van der Waals surface area contributed by atoms with E-state index < -0.39 is 0 Å². The van der Waals surface area contributed by atoms with Gasteiger partial charge in [-0.1, -0.05) is 18.2 Å². The number of carbonyl (C=O) groups is 1. The lowest BCUT2D eigenvalue weighted by Crippen LogP contribution is -2.37. The normalized spacial score (nSPS) is 21.6. The molecule has 3 rings (SSSR count). The minimum atomic E-state index is -0.152. The monoisotopic (exact) mass is 301 g/mol. The molecule has 0 spiro atoms. The van der Waals surface area contributed by atoms with Crippen LogP contribution in [-0.4, -0.2) is 27.9 Å². The number of thioether (sulfide) groups is 1. The zero-order valence-electron chi connectivity index (χ0n) is 12.1. The summed E-state index contributed by atoms with van der Waals surface area (Å²) in [6.07, 6.45) is 2.36. The van der Waals surface area contributed by atoms with E-state index in [1.807, 2.05) is 36.0 Å². The van der Waals surface area contributed by atoms with E-state index in [0.717, 1.165) is 17.3 Å². The predicted octanol–water partition coefficient (Wildman–Crippen LogP) is 2.83. The molecular weight excluding hydrogens is 282 g/mol. The number of nitrogen functional groups attached to an aromatic ring is 1. The number of aromatic nitrogens is 1. The number of hydrogen-bond acceptors (Lipinski definition) is 4. The first-order valence-electron chi connectivity index (χ1n) is 7.15. The number of para-hydroxylation sites is 1. The molecule has 0 aliphatic carbocycles. The number of rotatable bonds is 3. The Kier molecular flexibility index (Phi) is 3.76. The van der Waals surface area contributed by atoms with E-state index in [9.17, 15) is 4.79 Å². The number of benzene rings is 1. The summed E-state index contributed by atoms with van der Waals surface area (Å²) in [4.78, 5) is 16.7. The van der Waals surface area contributed by atoms with Crippen molar-refractivity contribution in [3.63, 3.8) is 0 Å². The van der Waals surface area contributed by atoms with Crippen LogP contribution in [0.25, 0.3) is 10.9 Å². The van der Waals surface area contributed by atoms with Crippen molar-refractivity contribution in [1.82, 2.24) is 10.3 Å². The van der Waals surface area contributed by atoms with E-state index in [1.54, 1.807) is 6.07 Å². The number of nitrogens with two attached hydrogens (primary N) is 1. The van der Waals surface area contributed by atoms with Crippen LogP contribution in [0.5, 0.6) is 0 Å². The maximum atomic E-state index is 12.3. The van der Waals surface area contributed by atoms with Gasteiger partial charge in [-0.15, -0.1) is 0 Å². The van der Waals surface area contributed by atoms with Crippen molar-refractivity contribution in [2.75, 3.05) is 18.0 Å². The summed E-state index contributed by atoms with van der Waals surface area (Å²) < 4.78 is 0.151. The molecule has 0 bridgehead atoms. The summed E-state index contributed by atoms with van der Waals surface area (Å²) in [6.45, 7) is 2.87. The Morgan fingerprint density at radius 1 is 1.48 bits per heavy atom. The van der Waals surface area contributed by atoms with Crippen molar-refractivity contribution >= 4 is 34.3 Å². The highest BCUT2D eigenvalue weighted by Gasteiger charge is 2.30. The molecule has 0 radical (unpaired) electrons. The highest BCUT2D eigenvalue weighted by molar-refractivity contribution is 8.00. The van der Waals surface area contributed by atoms with Crippen LogP contribution in [-0.2, 0) is 0 Å². The molecule has 1 saturated heterocycles. The molecule has 2 aromatic rings. The average Bonchev–Trinajstić information content (AvgIpc) is 2.92. The molecule has 1 unspecified atom stereocenters. The zero-order chi connectivity index (χ0) is 14.9. The topological polar surface area (TPSA) is 68.0 Å². The summed E-state index contributed by atoms with van der Waals surface area (Å²) in [7, 11) is 0. The summed E-state index contributed by atoms with van der Waals surface area (Å²) in [5, 5.41) is 3.88. The van der Waals surface area contributed by atoms with Crippen molar-refractivity contribution in [1.29, 1.82) is 0 Å². The molecule has 1 fully saturated rings. The summed E-state index contributed by atoms with van der Waals surface area (Å²) in [5.41, 5.74) is 7.75. The molecule has 110 valence electrons. The van der Waals surface area contributed by atoms with E-state index in [0.29, 0.717) is 17.9 Å². The Morgan fingerprint density at radius 3 is 3.05 bits per heavy atom. The Morgan fingerprint density at radius 2 is 2.29 bits per heavy atom. The number of fused-ring (bicyclic) bond motifs is 1. The highest BCUT2D eigenvalue weighted by atomic mass is 32.2. The maximum Gasteiger partial charge on any atom is 0.270 e. The minimum Gasteiger partial charge on any atom is -0.398 e. The van der Waals surface area contributed by atoms with Gasteiger partial charge in [0.25, 0.3) is 5.91 Å². The fourth-order valence-corrected chi connectivity index (χ4v) is 3.90. The number of nitrogens with zero attached hydrogens (tertiary/aromatic N) is 1. The molecule has 5 heteroatoms. The van der Waals surface area contributed by atoms with E-state index in [4.69, 9.17) is 5.73 Å². The number of anilines is 1. The lowest BCUT2D eigenvalue weighted by Gasteiger charge is -2.22. The first-order valence-corrected chi connectivity index (χ1v) is 8.13. The molecule has 1 amide bonds. The third kappa shape index (κ3) is 2.97. The molecule has 1 aliphatic heterocycles. The second-order valence-electron chi connectivity index (χ2n) is 5.70. The fourth-order valence-electron chi connectivity index (χ4n) is 2.65. The van der Waals surface area contributed by atoms with Gasteiger partial charge >= 0.3 is 0 Å². The molecule has 0 saturated carbocycles. The predicted molar refractivity (Wildman–Crippen MR) is 88.6 cm³/mol. The van der Waals surface area contributed by atoms with Crippen LogP contribution in [0.3, 0.4) is 0 Å². The highest BCUT2D eigenvalue weighted by Crippen LogP contribution is 2.37. The van der Waals surface area contributed by atoms with Gasteiger partial charge in [0, 0.05) is 22.4 Å². The van der Waals surface area contributed by atoms with Crippen LogP contribution in [0.15, 0.2) is 30.3 Å². The van der Waals surface area contributed by atoms with Crippen molar-refractivity contribution in [3.8, 4) is 0 Å². The van der Waals surface area contributed by atoms with Gasteiger partial charge in [-0.3, -0.25) is 4.79 Å². The van der Waals surface area contributed by atoms with E-state index in [1.165, 1.54) is 12.2 Å². The third-order valence-corrected chi connectivity index (χ3v) is 5.44. The first-order chi connectivity index (χ1) is 10.1. The number of carbonyl (C=O) groups excluding carboxylic acids is 1. The average molecular weight is 301 g/mol. The maximum absolute atomic E-state index is 12.3. The van der Waals surface area contributed by atoms with Crippen LogP contribution in [0, 0.1) is 0 Å². The molecule has 1 atom stereocenters. The van der Waals surface area contributed by atoms with Gasteiger partial charge in [0.05, 0.1) is 5.52 Å². The molecular formula is C16H19N3OS. The van der Waals surface area contributed by atoms with Crippen molar-refractivity contribution < 1.29 is 4.79 Å². The SMILES string of the molecule is CC1(CNC(=O)c2cc(N)c3ccccc3n2)CCCS1. The van der Waals surface area contributed by atoms with Crippen molar-refractivity contribution in [3.05, 3.63) is 36.0 Å². The molecule has 4 nitrogen and oxygen atoms in total. The number of hydrogen-bond donors (Lipinski definition) is 2. The van der Waals surface area contributed by atoms with Gasteiger partial charge in [0.1, 0.15) is 5.69 Å². The van der Waals surface area contributed by atoms with Gasteiger partial charge < -0.3 is 11.1 Å². The smallest absolute Gasteiger partial charge is 0.270 e. The number of amides is 1. The van der Waals surface area contributed by atoms with E-state index >= 15 is 0 Å². The van der Waals surface area contributed by atoms with Gasteiger partial charge in [-0.2, -0.15) is 11.8 Å². The van der Waals surface area contributed by atoms with Crippen LogP contribution in [0.2, 0.25) is 0 Å². The first kappa shape index (κ1) is 14.2. The quantitative estimate of drug-likeness (QED) is 0.914. The Hall–Kier alpha value is -1.75. The summed E-state index contributed by atoms with van der Waals surface area (Å²) in [6, 6.07) is 9.25. The lowest BCUT2D eigenvalue weighted by atomic mass is 10.1. The van der Waals surface area contributed by atoms with Gasteiger partial charge in [0.15, 0.2) is 0 Å². The molecule has 1 aromatic carbocycles. The molecule has 1 aromatic heterocycles. The van der Waals surface area contributed by atoms with Crippen LogP contribution in [0.4, 0.5) is 5.69 Å². The van der Waals surface area contributed by atoms with Crippen LogP contribution >= 0.6 is 11.8 Å². The number of nitrogens with one attached hydrogen (secondary N) is 1. The number of pyridine rings is 1. The van der Waals surface area contributed by atoms with Crippen molar-refractivity contribution in [2.24, 2.45) is 0 Å². The van der Waals surface area contributed by atoms with Crippen LogP contribution < -0.4 is 11.1 Å². The van der Waals surface area contributed by atoms with Gasteiger partial charge in [-0.05, 0) is 37.7 Å². The molecule has 2 heterocycles. The lowest BCUT2D eigenvalue weighted by molar-refractivity contribution is 0.0945. The molecule has 21 heavy (non-hydrogen) atoms. The van der Waals surface area contributed by atoms with E-state index in [2.05, 4.69) is 17.2 Å². The fraction of sp³-hybridized carbons (Fsp3) is 0.375. The van der Waals surface area contributed by atoms with Crippen molar-refractivity contribution in [2.45, 2.75) is 24.5 Å². The molecule has 3 N–H and O–H groups in total. The second kappa shape index (κ2) is 5.56. The summed E-state index contributed by atoms with van der Waals surface area (Å²) >= 11 is 1.93. The zero-order valence-corrected chi connectivity index (χ0v) is 12.9. The Labute approximate surface area is 128 Å². The summed E-state index contributed by atoms with van der Waals surface area (Å²) in [5.74, 6) is 1.02. The largest absolute Gasteiger partial charge is 0.398 e. The van der Waals surface area contributed by atoms with Gasteiger partial charge in [-0.25, -0.2) is 4.98 Å². The second-order valence-corrected chi connectivity index (χ2v) is 7.38. The Balaban J connectivity index is 1.78. The van der Waals surface area contributed by atoms with E-state index in [-0.39, 0.29) is 10.7 Å². The minimum absolute atomic E-state index is 0.151. The standard InChI is InChI=1S/C16H19N3OS/c1-16(7-4-8-21-16)10-18-15(20)14-9-12(17)11-5-2-3-6-13(11)19-14/h2-3,5-6,9H,4,7-8,10H2,1H3,(H2,17,19)(H,18,20).